The van der Waals surface area contributed by atoms with Crippen molar-refractivity contribution in [1.29, 1.82) is 5.26 Å². The molecule has 0 heterocycles. The number of rotatable bonds is 5. The third-order valence-electron chi connectivity index (χ3n) is 2.16. The van der Waals surface area contributed by atoms with E-state index in [1.165, 1.54) is 0 Å². The molecule has 1 rings (SSSR count). The minimum absolute atomic E-state index is 0.107. The molecule has 16 heavy (non-hydrogen) atoms. The van der Waals surface area contributed by atoms with Crippen LogP contribution in [0, 0.1) is 11.3 Å². The molecule has 0 aliphatic rings. The molecule has 0 amide bonds. The molecule has 3 nitrogen and oxygen atoms in total. The van der Waals surface area contributed by atoms with Gasteiger partial charge in [-0.25, -0.2) is 0 Å². The van der Waals surface area contributed by atoms with Gasteiger partial charge in [0, 0.05) is 13.2 Å². The minimum Gasteiger partial charge on any atom is -0.381 e. The van der Waals surface area contributed by atoms with E-state index in [1.54, 1.807) is 6.07 Å². The van der Waals surface area contributed by atoms with E-state index in [9.17, 15) is 0 Å². The minimum atomic E-state index is 0.107. The Morgan fingerprint density at radius 3 is 2.94 bits per heavy atom. The maximum atomic E-state index is 8.96. The summed E-state index contributed by atoms with van der Waals surface area (Å²) in [4.78, 5) is 0. The number of anilines is 1. The van der Waals surface area contributed by atoms with E-state index < -0.39 is 0 Å². The van der Waals surface area contributed by atoms with Crippen LogP contribution in [0.1, 0.15) is 19.4 Å². The van der Waals surface area contributed by atoms with Crippen LogP contribution in [0.2, 0.25) is 5.02 Å². The molecule has 0 bridgehead atoms. The first kappa shape index (κ1) is 12.8. The van der Waals surface area contributed by atoms with Crippen molar-refractivity contribution in [3.63, 3.8) is 0 Å². The van der Waals surface area contributed by atoms with Gasteiger partial charge in [0.1, 0.15) is 6.07 Å². The predicted molar refractivity (Wildman–Crippen MR) is 65.7 cm³/mol. The van der Waals surface area contributed by atoms with Crippen molar-refractivity contribution >= 4 is 17.3 Å². The van der Waals surface area contributed by atoms with Gasteiger partial charge < -0.3 is 10.1 Å². The largest absolute Gasteiger partial charge is 0.381 e. The molecular weight excluding hydrogens is 224 g/mol. The van der Waals surface area contributed by atoms with E-state index >= 15 is 0 Å². The van der Waals surface area contributed by atoms with E-state index in [2.05, 4.69) is 11.4 Å². The molecule has 0 aliphatic carbocycles. The highest BCUT2D eigenvalue weighted by molar-refractivity contribution is 6.32. The highest BCUT2D eigenvalue weighted by atomic mass is 35.5. The normalized spacial score (nSPS) is 11.9. The lowest BCUT2D eigenvalue weighted by molar-refractivity contribution is 0.0855. The summed E-state index contributed by atoms with van der Waals surface area (Å²) in [6.07, 6.45) is 0.107. The fraction of sp³-hybridized carbons (Fsp3) is 0.417. The van der Waals surface area contributed by atoms with Gasteiger partial charge in [-0.3, -0.25) is 0 Å². The Bertz CT molecular complexity index is 387. The van der Waals surface area contributed by atoms with Crippen LogP contribution in [-0.4, -0.2) is 19.3 Å². The smallest absolute Gasteiger partial charge is 0.103 e. The standard InChI is InChI=1S/C12H15ClN2O/c1-3-16-9(2)8-15-12-6-4-5-11(13)10(12)7-14/h4-6,9,15H,3,8H2,1-2H3. The third kappa shape index (κ3) is 3.41. The van der Waals surface area contributed by atoms with Crippen LogP contribution in [0.3, 0.4) is 0 Å². The van der Waals surface area contributed by atoms with E-state index in [-0.39, 0.29) is 6.10 Å². The summed E-state index contributed by atoms with van der Waals surface area (Å²) in [5, 5.41) is 12.6. The highest BCUT2D eigenvalue weighted by Gasteiger charge is 2.07. The van der Waals surface area contributed by atoms with Crippen LogP contribution in [0.5, 0.6) is 0 Å². The number of benzene rings is 1. The van der Waals surface area contributed by atoms with Gasteiger partial charge in [0.15, 0.2) is 0 Å². The van der Waals surface area contributed by atoms with Gasteiger partial charge in [-0.15, -0.1) is 0 Å². The molecule has 0 radical (unpaired) electrons. The van der Waals surface area contributed by atoms with Gasteiger partial charge in [0.2, 0.25) is 0 Å². The van der Waals surface area contributed by atoms with Crippen LogP contribution < -0.4 is 5.32 Å². The Morgan fingerprint density at radius 1 is 1.56 bits per heavy atom. The Kier molecular flexibility index (Phi) is 5.10. The summed E-state index contributed by atoms with van der Waals surface area (Å²) in [7, 11) is 0. The van der Waals surface area contributed by atoms with Crippen molar-refractivity contribution in [2.45, 2.75) is 20.0 Å². The van der Waals surface area contributed by atoms with Crippen molar-refractivity contribution in [2.75, 3.05) is 18.5 Å². The maximum Gasteiger partial charge on any atom is 0.103 e. The zero-order chi connectivity index (χ0) is 12.0. The number of halogens is 1. The second-order valence-electron chi connectivity index (χ2n) is 3.42. The van der Waals surface area contributed by atoms with Crippen molar-refractivity contribution in [3.05, 3.63) is 28.8 Å². The second-order valence-corrected chi connectivity index (χ2v) is 3.83. The number of nitriles is 1. The van der Waals surface area contributed by atoms with Gasteiger partial charge in [0.05, 0.1) is 22.4 Å². The van der Waals surface area contributed by atoms with E-state index in [1.807, 2.05) is 26.0 Å². The molecule has 1 aromatic carbocycles. The van der Waals surface area contributed by atoms with Gasteiger partial charge in [-0.2, -0.15) is 5.26 Å². The maximum absolute atomic E-state index is 8.96. The highest BCUT2D eigenvalue weighted by Crippen LogP contribution is 2.23. The molecule has 0 spiro atoms. The van der Waals surface area contributed by atoms with Crippen LogP contribution >= 0.6 is 11.6 Å². The molecular formula is C12H15ClN2O. The first-order valence-electron chi connectivity index (χ1n) is 5.23. The molecule has 86 valence electrons. The number of ether oxygens (including phenoxy) is 1. The number of hydrogen-bond acceptors (Lipinski definition) is 3. The van der Waals surface area contributed by atoms with Crippen LogP contribution in [0.15, 0.2) is 18.2 Å². The molecule has 0 fully saturated rings. The predicted octanol–water partition coefficient (Wildman–Crippen LogP) is 3.05. The average molecular weight is 239 g/mol. The Balaban J connectivity index is 2.67. The Morgan fingerprint density at radius 2 is 2.31 bits per heavy atom. The average Bonchev–Trinajstić information content (AvgIpc) is 2.27. The monoisotopic (exact) mass is 238 g/mol. The summed E-state index contributed by atoms with van der Waals surface area (Å²) in [5.41, 5.74) is 1.23. The molecule has 1 atom stereocenters. The van der Waals surface area contributed by atoms with Gasteiger partial charge >= 0.3 is 0 Å². The van der Waals surface area contributed by atoms with Crippen LogP contribution in [0.4, 0.5) is 5.69 Å². The fourth-order valence-corrected chi connectivity index (χ4v) is 1.60. The van der Waals surface area contributed by atoms with E-state index in [0.717, 1.165) is 5.69 Å². The Labute approximate surface area is 101 Å². The molecule has 4 heteroatoms. The number of nitrogens with one attached hydrogen (secondary N) is 1. The molecule has 0 saturated heterocycles. The SMILES string of the molecule is CCOC(C)CNc1cccc(Cl)c1C#N. The lowest BCUT2D eigenvalue weighted by Gasteiger charge is -2.14. The summed E-state index contributed by atoms with van der Waals surface area (Å²) in [6, 6.07) is 7.44. The van der Waals surface area contributed by atoms with Crippen LogP contribution in [-0.2, 0) is 4.74 Å². The van der Waals surface area contributed by atoms with Gasteiger partial charge in [0.25, 0.3) is 0 Å². The third-order valence-corrected chi connectivity index (χ3v) is 2.47. The zero-order valence-electron chi connectivity index (χ0n) is 9.46. The molecule has 1 unspecified atom stereocenters. The summed E-state index contributed by atoms with van der Waals surface area (Å²) >= 11 is 5.91. The van der Waals surface area contributed by atoms with Gasteiger partial charge in [-0.1, -0.05) is 17.7 Å². The molecule has 1 N–H and O–H groups in total. The number of hydrogen-bond donors (Lipinski definition) is 1. The summed E-state index contributed by atoms with van der Waals surface area (Å²) in [5.74, 6) is 0. The molecule has 0 aliphatic heterocycles. The van der Waals surface area contributed by atoms with Gasteiger partial charge in [-0.05, 0) is 26.0 Å². The summed E-state index contributed by atoms with van der Waals surface area (Å²) in [6.45, 7) is 5.27. The first-order valence-corrected chi connectivity index (χ1v) is 5.61. The molecule has 0 aromatic heterocycles. The van der Waals surface area contributed by atoms with E-state index in [4.69, 9.17) is 21.6 Å². The van der Waals surface area contributed by atoms with Crippen molar-refractivity contribution < 1.29 is 4.74 Å². The Hall–Kier alpha value is -1.24. The molecule has 1 aromatic rings. The molecule has 0 saturated carbocycles. The van der Waals surface area contributed by atoms with Crippen molar-refractivity contribution in [3.8, 4) is 6.07 Å². The first-order chi connectivity index (χ1) is 7.69. The van der Waals surface area contributed by atoms with Crippen LogP contribution in [0.25, 0.3) is 0 Å². The topological polar surface area (TPSA) is 45.0 Å². The van der Waals surface area contributed by atoms with Crippen molar-refractivity contribution in [1.82, 2.24) is 0 Å². The fourth-order valence-electron chi connectivity index (χ4n) is 1.38. The lowest BCUT2D eigenvalue weighted by Crippen LogP contribution is -2.20. The second kappa shape index (κ2) is 6.37. The lowest BCUT2D eigenvalue weighted by atomic mass is 10.2. The van der Waals surface area contributed by atoms with E-state index in [0.29, 0.717) is 23.7 Å². The zero-order valence-corrected chi connectivity index (χ0v) is 10.2. The van der Waals surface area contributed by atoms with Crippen molar-refractivity contribution in [2.24, 2.45) is 0 Å². The summed E-state index contributed by atoms with van der Waals surface area (Å²) < 4.78 is 5.39. The number of nitrogens with zero attached hydrogens (tertiary/aromatic N) is 1. The quantitative estimate of drug-likeness (QED) is 0.858.